The fourth-order valence-corrected chi connectivity index (χ4v) is 3.44. The maximum absolute atomic E-state index is 12.7. The zero-order chi connectivity index (χ0) is 22.1. The second kappa shape index (κ2) is 10.8. The minimum Gasteiger partial charge on any atom is -0.489 e. The van der Waals surface area contributed by atoms with E-state index in [2.05, 4.69) is 5.32 Å². The standard InChI is InChI=1S/C26H29NO4/c1-20-7-11-23(12-8-20)25(30)27-26(19-29,15-16-28)17-21-9-13-24(14-10-21)31-18-22-5-3-2-4-6-22/h2-14,28-29H,15-19H2,1H3,(H,27,30). The summed E-state index contributed by atoms with van der Waals surface area (Å²) in [5.74, 6) is 0.471. The van der Waals surface area contributed by atoms with Crippen LogP contribution in [0.4, 0.5) is 0 Å². The Kier molecular flexibility index (Phi) is 7.82. The Labute approximate surface area is 183 Å². The third-order valence-corrected chi connectivity index (χ3v) is 5.30. The molecule has 3 aromatic carbocycles. The summed E-state index contributed by atoms with van der Waals surface area (Å²) in [7, 11) is 0. The van der Waals surface area contributed by atoms with E-state index in [9.17, 15) is 15.0 Å². The van der Waals surface area contributed by atoms with Crippen molar-refractivity contribution in [3.63, 3.8) is 0 Å². The maximum Gasteiger partial charge on any atom is 0.251 e. The van der Waals surface area contributed by atoms with Crippen molar-refractivity contribution in [1.29, 1.82) is 0 Å². The topological polar surface area (TPSA) is 78.8 Å². The normalized spacial score (nSPS) is 12.7. The molecule has 31 heavy (non-hydrogen) atoms. The minimum atomic E-state index is -0.955. The van der Waals surface area contributed by atoms with Crippen molar-refractivity contribution in [2.75, 3.05) is 13.2 Å². The molecule has 5 nitrogen and oxygen atoms in total. The molecule has 0 aliphatic heterocycles. The fraction of sp³-hybridized carbons (Fsp3) is 0.269. The van der Waals surface area contributed by atoms with Gasteiger partial charge in [0.15, 0.2) is 0 Å². The number of aliphatic hydroxyl groups is 2. The molecule has 1 unspecified atom stereocenters. The summed E-state index contributed by atoms with van der Waals surface area (Å²) in [6, 6.07) is 24.8. The van der Waals surface area contributed by atoms with Crippen LogP contribution in [-0.2, 0) is 13.0 Å². The van der Waals surface area contributed by atoms with E-state index in [1.54, 1.807) is 12.1 Å². The molecule has 5 heteroatoms. The summed E-state index contributed by atoms with van der Waals surface area (Å²) in [5, 5.41) is 22.6. The first kappa shape index (κ1) is 22.5. The molecule has 0 radical (unpaired) electrons. The lowest BCUT2D eigenvalue weighted by atomic mass is 9.88. The van der Waals surface area contributed by atoms with E-state index in [-0.39, 0.29) is 25.5 Å². The quantitative estimate of drug-likeness (QED) is 0.469. The number of ether oxygens (including phenoxy) is 1. The largest absolute Gasteiger partial charge is 0.489 e. The number of benzene rings is 3. The van der Waals surface area contributed by atoms with Gasteiger partial charge in [0.05, 0.1) is 12.1 Å². The van der Waals surface area contributed by atoms with Gasteiger partial charge in [-0.3, -0.25) is 4.79 Å². The highest BCUT2D eigenvalue weighted by molar-refractivity contribution is 5.94. The molecule has 1 atom stereocenters. The van der Waals surface area contributed by atoms with Crippen LogP contribution in [0, 0.1) is 6.92 Å². The Balaban J connectivity index is 1.67. The summed E-state index contributed by atoms with van der Waals surface area (Å²) in [4.78, 5) is 12.7. The van der Waals surface area contributed by atoms with Crippen LogP contribution < -0.4 is 10.1 Å². The van der Waals surface area contributed by atoms with E-state index in [4.69, 9.17) is 4.74 Å². The predicted molar refractivity (Wildman–Crippen MR) is 121 cm³/mol. The highest BCUT2D eigenvalue weighted by Gasteiger charge is 2.31. The van der Waals surface area contributed by atoms with Crippen LogP contribution >= 0.6 is 0 Å². The predicted octanol–water partition coefficient (Wildman–Crippen LogP) is 3.66. The molecule has 0 aromatic heterocycles. The smallest absolute Gasteiger partial charge is 0.251 e. The van der Waals surface area contributed by atoms with Crippen LogP contribution in [0.25, 0.3) is 0 Å². The number of amides is 1. The first-order valence-electron chi connectivity index (χ1n) is 10.4. The van der Waals surface area contributed by atoms with Crippen molar-refractivity contribution in [3.05, 3.63) is 101 Å². The van der Waals surface area contributed by atoms with Gasteiger partial charge in [-0.1, -0.05) is 60.2 Å². The molecule has 0 heterocycles. The Hall–Kier alpha value is -3.15. The number of carbonyl (C=O) groups is 1. The lowest BCUT2D eigenvalue weighted by Crippen LogP contribution is -2.53. The molecule has 0 aliphatic rings. The lowest BCUT2D eigenvalue weighted by Gasteiger charge is -2.33. The van der Waals surface area contributed by atoms with Crippen molar-refractivity contribution in [2.24, 2.45) is 0 Å². The molecular weight excluding hydrogens is 390 g/mol. The number of aliphatic hydroxyl groups excluding tert-OH is 2. The third-order valence-electron chi connectivity index (χ3n) is 5.30. The molecule has 3 N–H and O–H groups in total. The Morgan fingerprint density at radius 1 is 0.903 bits per heavy atom. The number of carbonyl (C=O) groups excluding carboxylic acids is 1. The Morgan fingerprint density at radius 3 is 2.19 bits per heavy atom. The van der Waals surface area contributed by atoms with Crippen molar-refractivity contribution in [3.8, 4) is 5.75 Å². The van der Waals surface area contributed by atoms with E-state index in [1.165, 1.54) is 0 Å². The summed E-state index contributed by atoms with van der Waals surface area (Å²) in [5.41, 5.74) is 2.65. The molecule has 162 valence electrons. The Bertz CT molecular complexity index is 955. The van der Waals surface area contributed by atoms with Gasteiger partial charge in [-0.2, -0.15) is 0 Å². The van der Waals surface area contributed by atoms with Crippen LogP contribution in [-0.4, -0.2) is 34.9 Å². The molecule has 0 spiro atoms. The van der Waals surface area contributed by atoms with Crippen molar-refractivity contribution >= 4 is 5.91 Å². The molecule has 3 aromatic rings. The summed E-state index contributed by atoms with van der Waals surface area (Å²) in [6.45, 7) is 2.01. The van der Waals surface area contributed by atoms with Crippen LogP contribution in [0.5, 0.6) is 5.75 Å². The van der Waals surface area contributed by atoms with Gasteiger partial charge in [0.2, 0.25) is 0 Å². The average Bonchev–Trinajstić information content (AvgIpc) is 2.80. The van der Waals surface area contributed by atoms with Gasteiger partial charge < -0.3 is 20.3 Å². The van der Waals surface area contributed by atoms with Gasteiger partial charge in [-0.05, 0) is 55.2 Å². The van der Waals surface area contributed by atoms with E-state index in [0.29, 0.717) is 18.6 Å². The minimum absolute atomic E-state index is 0.146. The van der Waals surface area contributed by atoms with Gasteiger partial charge in [-0.15, -0.1) is 0 Å². The van der Waals surface area contributed by atoms with Crippen LogP contribution in [0.15, 0.2) is 78.9 Å². The number of nitrogens with one attached hydrogen (secondary N) is 1. The fourth-order valence-electron chi connectivity index (χ4n) is 3.44. The highest BCUT2D eigenvalue weighted by Crippen LogP contribution is 2.21. The summed E-state index contributed by atoms with van der Waals surface area (Å²) < 4.78 is 5.82. The van der Waals surface area contributed by atoms with Gasteiger partial charge in [0.25, 0.3) is 5.91 Å². The summed E-state index contributed by atoms with van der Waals surface area (Å²) >= 11 is 0. The van der Waals surface area contributed by atoms with Crippen LogP contribution in [0.3, 0.4) is 0 Å². The zero-order valence-electron chi connectivity index (χ0n) is 17.8. The first-order valence-corrected chi connectivity index (χ1v) is 10.4. The molecular formula is C26H29NO4. The van der Waals surface area contributed by atoms with E-state index in [1.807, 2.05) is 73.7 Å². The van der Waals surface area contributed by atoms with Gasteiger partial charge in [-0.25, -0.2) is 0 Å². The monoisotopic (exact) mass is 419 g/mol. The van der Waals surface area contributed by atoms with Crippen molar-refractivity contribution in [2.45, 2.75) is 31.9 Å². The van der Waals surface area contributed by atoms with E-state index >= 15 is 0 Å². The molecule has 1 amide bonds. The zero-order valence-corrected chi connectivity index (χ0v) is 17.8. The average molecular weight is 420 g/mol. The lowest BCUT2D eigenvalue weighted by molar-refractivity contribution is 0.0779. The van der Waals surface area contributed by atoms with Gasteiger partial charge >= 0.3 is 0 Å². The molecule has 0 bridgehead atoms. The van der Waals surface area contributed by atoms with Crippen molar-refractivity contribution in [1.82, 2.24) is 5.32 Å². The van der Waals surface area contributed by atoms with E-state index in [0.717, 1.165) is 22.4 Å². The Morgan fingerprint density at radius 2 is 1.58 bits per heavy atom. The van der Waals surface area contributed by atoms with Crippen LogP contribution in [0.1, 0.15) is 33.5 Å². The summed E-state index contributed by atoms with van der Waals surface area (Å²) in [6.07, 6.45) is 0.633. The highest BCUT2D eigenvalue weighted by atomic mass is 16.5. The van der Waals surface area contributed by atoms with Crippen LogP contribution in [0.2, 0.25) is 0 Å². The SMILES string of the molecule is Cc1ccc(C(=O)NC(CO)(CCO)Cc2ccc(OCc3ccccc3)cc2)cc1. The third kappa shape index (κ3) is 6.41. The number of aryl methyl sites for hydroxylation is 1. The second-order valence-corrected chi connectivity index (χ2v) is 7.83. The second-order valence-electron chi connectivity index (χ2n) is 7.83. The molecule has 0 aliphatic carbocycles. The van der Waals surface area contributed by atoms with E-state index < -0.39 is 5.54 Å². The van der Waals surface area contributed by atoms with Crippen molar-refractivity contribution < 1.29 is 19.7 Å². The molecule has 0 fully saturated rings. The van der Waals surface area contributed by atoms with Gasteiger partial charge in [0, 0.05) is 12.2 Å². The van der Waals surface area contributed by atoms with Gasteiger partial charge in [0.1, 0.15) is 12.4 Å². The maximum atomic E-state index is 12.7. The molecule has 3 rings (SSSR count). The first-order chi connectivity index (χ1) is 15.0. The number of hydrogen-bond donors (Lipinski definition) is 3. The number of hydrogen-bond acceptors (Lipinski definition) is 4. The molecule has 0 saturated heterocycles. The molecule has 0 saturated carbocycles. The number of rotatable bonds is 10.